The van der Waals surface area contributed by atoms with Crippen LogP contribution in [-0.4, -0.2) is 30.3 Å². The normalized spacial score (nSPS) is 11.7. The number of thioether (sulfide) groups is 1. The van der Waals surface area contributed by atoms with Crippen LogP contribution in [0.15, 0.2) is 29.2 Å². The zero-order valence-electron chi connectivity index (χ0n) is 11.1. The molecule has 0 bridgehead atoms. The summed E-state index contributed by atoms with van der Waals surface area (Å²) in [6.07, 6.45) is 0. The molecule has 1 aromatic carbocycles. The third-order valence-electron chi connectivity index (χ3n) is 2.44. The summed E-state index contributed by atoms with van der Waals surface area (Å²) in [4.78, 5) is 23.3. The van der Waals surface area contributed by atoms with Crippen molar-refractivity contribution in [2.75, 3.05) is 12.3 Å². The molecule has 1 atom stereocenters. The van der Waals surface area contributed by atoms with Gasteiger partial charge >= 0.3 is 6.03 Å². The fourth-order valence-electron chi connectivity index (χ4n) is 1.41. The molecule has 19 heavy (non-hydrogen) atoms. The van der Waals surface area contributed by atoms with E-state index >= 15 is 0 Å². The summed E-state index contributed by atoms with van der Waals surface area (Å²) in [5.41, 5.74) is 6.17. The number of carbonyl (C=O) groups excluding carboxylic acids is 2. The van der Waals surface area contributed by atoms with Gasteiger partial charge in [0.2, 0.25) is 5.91 Å². The number of primary amides is 1. The van der Waals surface area contributed by atoms with Gasteiger partial charge in [0.15, 0.2) is 0 Å². The van der Waals surface area contributed by atoms with Crippen molar-refractivity contribution in [2.24, 2.45) is 5.73 Å². The Morgan fingerprint density at radius 2 is 1.95 bits per heavy atom. The first-order chi connectivity index (χ1) is 8.99. The quantitative estimate of drug-likeness (QED) is 0.542. The Morgan fingerprint density at radius 1 is 1.32 bits per heavy atom. The van der Waals surface area contributed by atoms with Gasteiger partial charge in [-0.05, 0) is 26.0 Å². The van der Waals surface area contributed by atoms with Gasteiger partial charge in [0.05, 0.1) is 0 Å². The summed E-state index contributed by atoms with van der Waals surface area (Å²) in [5, 5.41) is 5.07. The molecule has 5 nitrogen and oxygen atoms in total. The van der Waals surface area contributed by atoms with Crippen molar-refractivity contribution in [2.45, 2.75) is 24.8 Å². The zero-order chi connectivity index (χ0) is 14.3. The number of urea groups is 1. The summed E-state index contributed by atoms with van der Waals surface area (Å²) in [6, 6.07) is 6.91. The lowest BCUT2D eigenvalue weighted by Crippen LogP contribution is -2.47. The van der Waals surface area contributed by atoms with Crippen LogP contribution in [0.4, 0.5) is 4.79 Å². The highest BCUT2D eigenvalue weighted by Crippen LogP contribution is 2.17. The van der Waals surface area contributed by atoms with Crippen LogP contribution in [0.3, 0.4) is 0 Å². The van der Waals surface area contributed by atoms with E-state index in [1.807, 2.05) is 6.92 Å². The molecule has 0 saturated heterocycles. The maximum Gasteiger partial charge on any atom is 0.312 e. The van der Waals surface area contributed by atoms with Gasteiger partial charge < -0.3 is 16.4 Å². The Bertz CT molecular complexity index is 434. The highest BCUT2D eigenvalue weighted by molar-refractivity contribution is 7.99. The maximum atomic E-state index is 11.5. The molecule has 0 saturated carbocycles. The van der Waals surface area contributed by atoms with Crippen molar-refractivity contribution in [1.29, 1.82) is 0 Å². The third kappa shape index (κ3) is 6.15. The molecular weight excluding hydrogens is 262 g/mol. The minimum atomic E-state index is -0.698. The molecule has 6 heteroatoms. The third-order valence-corrected chi connectivity index (χ3v) is 3.46. The lowest BCUT2D eigenvalue weighted by Gasteiger charge is -2.12. The number of nitrogens with two attached hydrogens (primary N) is 1. The van der Waals surface area contributed by atoms with Crippen LogP contribution in [0.2, 0.25) is 0 Å². The second kappa shape index (κ2) is 7.68. The summed E-state index contributed by atoms with van der Waals surface area (Å²) in [7, 11) is 0. The molecule has 0 fully saturated rings. The van der Waals surface area contributed by atoms with Crippen LogP contribution >= 0.6 is 11.8 Å². The van der Waals surface area contributed by atoms with Crippen LogP contribution < -0.4 is 16.4 Å². The second-order valence-corrected chi connectivity index (χ2v) is 5.35. The Kier molecular flexibility index (Phi) is 6.21. The summed E-state index contributed by atoms with van der Waals surface area (Å²) in [6.45, 7) is 4.18. The van der Waals surface area contributed by atoms with Crippen molar-refractivity contribution in [3.05, 3.63) is 29.8 Å². The molecule has 0 spiro atoms. The van der Waals surface area contributed by atoms with E-state index in [0.29, 0.717) is 6.54 Å². The average Bonchev–Trinajstić information content (AvgIpc) is 2.35. The number of amides is 3. The number of rotatable bonds is 6. The van der Waals surface area contributed by atoms with E-state index in [1.165, 1.54) is 10.5 Å². The molecule has 4 N–H and O–H groups in total. The van der Waals surface area contributed by atoms with E-state index < -0.39 is 12.1 Å². The van der Waals surface area contributed by atoms with Gasteiger partial charge in [0, 0.05) is 17.2 Å². The number of hydrogen-bond acceptors (Lipinski definition) is 3. The maximum absolute atomic E-state index is 11.5. The summed E-state index contributed by atoms with van der Waals surface area (Å²) < 4.78 is 0. The van der Waals surface area contributed by atoms with Gasteiger partial charge in [0.25, 0.3) is 0 Å². The van der Waals surface area contributed by atoms with Gasteiger partial charge in [-0.15, -0.1) is 11.8 Å². The Morgan fingerprint density at radius 3 is 2.53 bits per heavy atom. The largest absolute Gasteiger partial charge is 0.353 e. The molecular formula is C13H19N3O2S. The lowest BCUT2D eigenvalue weighted by atomic mass is 10.2. The minimum Gasteiger partial charge on any atom is -0.353 e. The van der Waals surface area contributed by atoms with Crippen molar-refractivity contribution in [1.82, 2.24) is 10.6 Å². The first kappa shape index (κ1) is 15.4. The van der Waals surface area contributed by atoms with E-state index in [4.69, 9.17) is 5.73 Å². The van der Waals surface area contributed by atoms with E-state index in [2.05, 4.69) is 34.9 Å². The minimum absolute atomic E-state index is 0.233. The zero-order valence-corrected chi connectivity index (χ0v) is 11.9. The van der Waals surface area contributed by atoms with Gasteiger partial charge in [-0.3, -0.25) is 4.79 Å². The van der Waals surface area contributed by atoms with Crippen LogP contribution in [0.1, 0.15) is 12.5 Å². The van der Waals surface area contributed by atoms with Crippen LogP contribution in [-0.2, 0) is 4.79 Å². The van der Waals surface area contributed by atoms with Crippen molar-refractivity contribution < 1.29 is 9.59 Å². The monoisotopic (exact) mass is 281 g/mol. The van der Waals surface area contributed by atoms with Crippen LogP contribution in [0.5, 0.6) is 0 Å². The summed E-state index contributed by atoms with van der Waals surface area (Å²) >= 11 is 1.67. The molecule has 3 amide bonds. The van der Waals surface area contributed by atoms with Gasteiger partial charge in [-0.25, -0.2) is 4.79 Å². The SMILES string of the molecule is Cc1ccc(SCCNC(=O)C(C)NC(N)=O)cc1. The second-order valence-electron chi connectivity index (χ2n) is 4.18. The van der Waals surface area contributed by atoms with E-state index in [0.717, 1.165) is 5.75 Å². The lowest BCUT2D eigenvalue weighted by molar-refractivity contribution is -0.122. The smallest absolute Gasteiger partial charge is 0.312 e. The van der Waals surface area contributed by atoms with Crippen LogP contribution in [0, 0.1) is 6.92 Å². The molecule has 104 valence electrons. The molecule has 0 radical (unpaired) electrons. The molecule has 0 heterocycles. The van der Waals surface area contributed by atoms with Crippen molar-refractivity contribution in [3.8, 4) is 0 Å². The Balaban J connectivity index is 2.21. The Hall–Kier alpha value is -1.69. The average molecular weight is 281 g/mol. The molecule has 0 aromatic heterocycles. The first-order valence-electron chi connectivity index (χ1n) is 6.02. The van der Waals surface area contributed by atoms with Gasteiger partial charge in [-0.1, -0.05) is 17.7 Å². The number of hydrogen-bond donors (Lipinski definition) is 3. The van der Waals surface area contributed by atoms with Gasteiger partial charge in [-0.2, -0.15) is 0 Å². The fraction of sp³-hybridized carbons (Fsp3) is 0.385. The standard InChI is InChI=1S/C13H19N3O2S/c1-9-3-5-11(6-4-9)19-8-7-15-12(17)10(2)16-13(14)18/h3-6,10H,7-8H2,1-2H3,(H,15,17)(H3,14,16,18). The number of nitrogens with one attached hydrogen (secondary N) is 2. The predicted octanol–water partition coefficient (Wildman–Crippen LogP) is 1.26. The molecule has 0 aliphatic heterocycles. The molecule has 1 unspecified atom stereocenters. The highest BCUT2D eigenvalue weighted by Gasteiger charge is 2.12. The number of benzene rings is 1. The summed E-state index contributed by atoms with van der Waals surface area (Å²) in [5.74, 6) is 0.543. The fourth-order valence-corrected chi connectivity index (χ4v) is 2.18. The van der Waals surface area contributed by atoms with Crippen molar-refractivity contribution in [3.63, 3.8) is 0 Å². The van der Waals surface area contributed by atoms with Gasteiger partial charge in [0.1, 0.15) is 6.04 Å². The predicted molar refractivity (Wildman–Crippen MR) is 77.1 cm³/mol. The van der Waals surface area contributed by atoms with E-state index in [-0.39, 0.29) is 5.91 Å². The van der Waals surface area contributed by atoms with E-state index in [9.17, 15) is 9.59 Å². The number of aryl methyl sites for hydroxylation is 1. The molecule has 1 rings (SSSR count). The van der Waals surface area contributed by atoms with Crippen molar-refractivity contribution >= 4 is 23.7 Å². The number of carbonyl (C=O) groups is 2. The first-order valence-corrected chi connectivity index (χ1v) is 7.00. The molecule has 0 aliphatic rings. The van der Waals surface area contributed by atoms with E-state index in [1.54, 1.807) is 18.7 Å². The van der Waals surface area contributed by atoms with Crippen LogP contribution in [0.25, 0.3) is 0 Å². The topological polar surface area (TPSA) is 84.2 Å². The Labute approximate surface area is 117 Å². The molecule has 0 aliphatic carbocycles. The highest BCUT2D eigenvalue weighted by atomic mass is 32.2. The molecule has 1 aromatic rings.